The molecule has 6 nitrogen and oxygen atoms in total. The minimum absolute atomic E-state index is 0.120. The molecule has 0 aliphatic carbocycles. The summed E-state index contributed by atoms with van der Waals surface area (Å²) in [6.07, 6.45) is 0. The van der Waals surface area contributed by atoms with Crippen LogP contribution in [0.25, 0.3) is 0 Å². The number of sulfonamides is 1. The standard InChI is InChI=1S/C13H20BrN3O3S/c1-4-16-13(18)8-17(5-2)21(19,20)12-7-11(15)10(14)6-9(12)3/h6-7H,4-5,8,15H2,1-3H3,(H,16,18). The summed E-state index contributed by atoms with van der Waals surface area (Å²) in [6, 6.07) is 3.07. The first-order chi connectivity index (χ1) is 9.73. The minimum atomic E-state index is -3.76. The van der Waals surface area contributed by atoms with E-state index in [0.717, 1.165) is 4.31 Å². The van der Waals surface area contributed by atoms with Crippen LogP contribution in [0.4, 0.5) is 5.69 Å². The highest BCUT2D eigenvalue weighted by atomic mass is 79.9. The SMILES string of the molecule is CCNC(=O)CN(CC)S(=O)(=O)c1cc(N)c(Br)cc1C. The van der Waals surface area contributed by atoms with Crippen LogP contribution < -0.4 is 11.1 Å². The van der Waals surface area contributed by atoms with E-state index in [1.54, 1.807) is 26.8 Å². The van der Waals surface area contributed by atoms with Gasteiger partial charge in [-0.25, -0.2) is 8.42 Å². The highest BCUT2D eigenvalue weighted by molar-refractivity contribution is 9.10. The molecular weight excluding hydrogens is 358 g/mol. The summed E-state index contributed by atoms with van der Waals surface area (Å²) in [5, 5.41) is 2.59. The number of anilines is 1. The van der Waals surface area contributed by atoms with Crippen molar-refractivity contribution in [3.05, 3.63) is 22.2 Å². The maximum absolute atomic E-state index is 12.7. The number of nitrogens with zero attached hydrogens (tertiary/aromatic N) is 1. The summed E-state index contributed by atoms with van der Waals surface area (Å²) in [5.74, 6) is -0.328. The number of hydrogen-bond acceptors (Lipinski definition) is 4. The van der Waals surface area contributed by atoms with Crippen molar-refractivity contribution in [2.45, 2.75) is 25.7 Å². The van der Waals surface area contributed by atoms with Crippen LogP contribution >= 0.6 is 15.9 Å². The van der Waals surface area contributed by atoms with Crippen molar-refractivity contribution in [1.82, 2.24) is 9.62 Å². The molecule has 0 radical (unpaired) electrons. The fraction of sp³-hybridized carbons (Fsp3) is 0.462. The predicted octanol–water partition coefficient (Wildman–Crippen LogP) is 1.49. The number of nitrogen functional groups attached to an aromatic ring is 1. The monoisotopic (exact) mass is 377 g/mol. The van der Waals surface area contributed by atoms with E-state index in [9.17, 15) is 13.2 Å². The normalized spacial score (nSPS) is 11.7. The van der Waals surface area contributed by atoms with Crippen molar-refractivity contribution in [1.29, 1.82) is 0 Å². The Morgan fingerprint density at radius 2 is 2.00 bits per heavy atom. The van der Waals surface area contributed by atoms with Crippen molar-refractivity contribution < 1.29 is 13.2 Å². The number of halogens is 1. The molecule has 1 amide bonds. The molecule has 118 valence electrons. The summed E-state index contributed by atoms with van der Waals surface area (Å²) in [5.41, 5.74) is 6.68. The van der Waals surface area contributed by atoms with Crippen LogP contribution in [0.1, 0.15) is 19.4 Å². The van der Waals surface area contributed by atoms with E-state index in [1.807, 2.05) is 0 Å². The number of rotatable bonds is 6. The second kappa shape index (κ2) is 7.24. The summed E-state index contributed by atoms with van der Waals surface area (Å²) in [4.78, 5) is 11.8. The Bertz CT molecular complexity index is 632. The van der Waals surface area contributed by atoms with Gasteiger partial charge in [-0.3, -0.25) is 4.79 Å². The molecule has 21 heavy (non-hydrogen) atoms. The van der Waals surface area contributed by atoms with Crippen LogP contribution in [0, 0.1) is 6.92 Å². The topological polar surface area (TPSA) is 92.5 Å². The molecule has 0 aromatic heterocycles. The lowest BCUT2D eigenvalue weighted by Gasteiger charge is -2.21. The van der Waals surface area contributed by atoms with E-state index in [-0.39, 0.29) is 23.9 Å². The summed E-state index contributed by atoms with van der Waals surface area (Å²) in [7, 11) is -3.76. The molecule has 0 bridgehead atoms. The van der Waals surface area contributed by atoms with E-state index in [1.165, 1.54) is 6.07 Å². The second-order valence-corrected chi connectivity index (χ2v) is 7.28. The zero-order chi connectivity index (χ0) is 16.2. The largest absolute Gasteiger partial charge is 0.398 e. The van der Waals surface area contributed by atoms with Gasteiger partial charge in [-0.05, 0) is 47.5 Å². The lowest BCUT2D eigenvalue weighted by molar-refractivity contribution is -0.121. The lowest BCUT2D eigenvalue weighted by Crippen LogP contribution is -2.40. The summed E-state index contributed by atoms with van der Waals surface area (Å²) < 4.78 is 27.1. The zero-order valence-corrected chi connectivity index (χ0v) is 14.7. The predicted molar refractivity (Wildman–Crippen MR) is 86.4 cm³/mol. The molecule has 0 heterocycles. The number of benzene rings is 1. The van der Waals surface area contributed by atoms with Gasteiger partial charge >= 0.3 is 0 Å². The van der Waals surface area contributed by atoms with Gasteiger partial charge in [0.2, 0.25) is 15.9 Å². The molecule has 1 aromatic rings. The van der Waals surface area contributed by atoms with Gasteiger partial charge in [0.1, 0.15) is 0 Å². The molecular formula is C13H20BrN3O3S. The number of carbonyl (C=O) groups is 1. The third-order valence-electron chi connectivity index (χ3n) is 2.96. The van der Waals surface area contributed by atoms with E-state index < -0.39 is 10.0 Å². The smallest absolute Gasteiger partial charge is 0.243 e. The molecule has 0 aliphatic heterocycles. The molecule has 0 aliphatic rings. The van der Waals surface area contributed by atoms with Gasteiger partial charge < -0.3 is 11.1 Å². The number of nitrogens with two attached hydrogens (primary N) is 1. The average molecular weight is 378 g/mol. The fourth-order valence-corrected chi connectivity index (χ4v) is 3.97. The van der Waals surface area contributed by atoms with Crippen molar-refractivity contribution >= 4 is 37.5 Å². The molecule has 1 aromatic carbocycles. The molecule has 0 fully saturated rings. The van der Waals surface area contributed by atoms with Crippen LogP contribution in [-0.2, 0) is 14.8 Å². The van der Waals surface area contributed by atoms with E-state index in [4.69, 9.17) is 5.73 Å². The van der Waals surface area contributed by atoms with Crippen molar-refractivity contribution in [2.24, 2.45) is 0 Å². The molecule has 0 atom stereocenters. The molecule has 3 N–H and O–H groups in total. The Hall–Kier alpha value is -1.12. The number of amides is 1. The highest BCUT2D eigenvalue weighted by Crippen LogP contribution is 2.28. The first kappa shape index (κ1) is 17.9. The maximum atomic E-state index is 12.7. The van der Waals surface area contributed by atoms with Gasteiger partial charge in [-0.1, -0.05) is 6.92 Å². The first-order valence-corrected chi connectivity index (χ1v) is 8.79. The van der Waals surface area contributed by atoms with Crippen LogP contribution in [0.3, 0.4) is 0 Å². The molecule has 0 saturated carbocycles. The molecule has 8 heteroatoms. The van der Waals surface area contributed by atoms with Crippen LogP contribution in [0.15, 0.2) is 21.5 Å². The molecule has 0 unspecified atom stereocenters. The summed E-state index contributed by atoms with van der Waals surface area (Å²) >= 11 is 3.26. The number of aryl methyl sites for hydroxylation is 1. The van der Waals surface area contributed by atoms with Crippen molar-refractivity contribution in [3.63, 3.8) is 0 Å². The van der Waals surface area contributed by atoms with Gasteiger partial charge in [-0.2, -0.15) is 4.31 Å². The first-order valence-electron chi connectivity index (χ1n) is 6.56. The van der Waals surface area contributed by atoms with E-state index in [2.05, 4.69) is 21.2 Å². The van der Waals surface area contributed by atoms with Crippen LogP contribution in [-0.4, -0.2) is 38.3 Å². The van der Waals surface area contributed by atoms with Gasteiger partial charge in [0.15, 0.2) is 0 Å². The van der Waals surface area contributed by atoms with Crippen LogP contribution in [0.2, 0.25) is 0 Å². The zero-order valence-electron chi connectivity index (χ0n) is 12.3. The number of hydrogen-bond donors (Lipinski definition) is 2. The summed E-state index contributed by atoms with van der Waals surface area (Å²) in [6.45, 7) is 5.62. The van der Waals surface area contributed by atoms with E-state index >= 15 is 0 Å². The Morgan fingerprint density at radius 3 is 2.52 bits per heavy atom. The van der Waals surface area contributed by atoms with Crippen LogP contribution in [0.5, 0.6) is 0 Å². The maximum Gasteiger partial charge on any atom is 0.243 e. The Morgan fingerprint density at radius 1 is 1.38 bits per heavy atom. The molecule has 0 spiro atoms. The lowest BCUT2D eigenvalue weighted by atomic mass is 10.2. The van der Waals surface area contributed by atoms with Gasteiger partial charge in [0, 0.05) is 23.2 Å². The quantitative estimate of drug-likeness (QED) is 0.734. The van der Waals surface area contributed by atoms with Gasteiger partial charge in [0.05, 0.1) is 11.4 Å². The Kier molecular flexibility index (Phi) is 6.18. The average Bonchev–Trinajstić information content (AvgIpc) is 2.40. The number of nitrogens with one attached hydrogen (secondary N) is 1. The van der Waals surface area contributed by atoms with E-state index in [0.29, 0.717) is 22.3 Å². The van der Waals surface area contributed by atoms with Gasteiger partial charge in [0.25, 0.3) is 0 Å². The van der Waals surface area contributed by atoms with Crippen molar-refractivity contribution in [2.75, 3.05) is 25.4 Å². The Balaban J connectivity index is 3.19. The minimum Gasteiger partial charge on any atom is -0.398 e. The third kappa shape index (κ3) is 4.18. The Labute approximate surface area is 133 Å². The third-order valence-corrected chi connectivity index (χ3v) is 5.71. The van der Waals surface area contributed by atoms with Crippen molar-refractivity contribution in [3.8, 4) is 0 Å². The molecule has 1 rings (SSSR count). The highest BCUT2D eigenvalue weighted by Gasteiger charge is 2.27. The molecule has 0 saturated heterocycles. The van der Waals surface area contributed by atoms with Gasteiger partial charge in [-0.15, -0.1) is 0 Å². The fourth-order valence-electron chi connectivity index (χ4n) is 1.87. The number of likely N-dealkylation sites (N-methyl/N-ethyl adjacent to an activating group) is 2. The number of carbonyl (C=O) groups excluding carboxylic acids is 1. The second-order valence-electron chi connectivity index (χ2n) is 4.52.